The van der Waals surface area contributed by atoms with Crippen molar-refractivity contribution >= 4 is 18.0 Å². The predicted molar refractivity (Wildman–Crippen MR) is 60.5 cm³/mol. The number of carbonyl (C=O) groups is 3. The van der Waals surface area contributed by atoms with E-state index in [1.165, 1.54) is 4.90 Å². The molecule has 2 atom stereocenters. The Morgan fingerprint density at radius 1 is 1.28 bits per heavy atom. The molecule has 2 saturated heterocycles. The largest absolute Gasteiger partial charge is 0.444 e. The molecule has 2 aliphatic heterocycles. The minimum Gasteiger partial charge on any atom is -0.444 e. The van der Waals surface area contributed by atoms with Crippen LogP contribution in [0.1, 0.15) is 27.2 Å². The van der Waals surface area contributed by atoms with Gasteiger partial charge in [0.1, 0.15) is 5.60 Å². The summed E-state index contributed by atoms with van der Waals surface area (Å²) in [6.07, 6.45) is 0.00203. The third-order valence-corrected chi connectivity index (χ3v) is 3.07. The summed E-state index contributed by atoms with van der Waals surface area (Å²) in [7, 11) is 0. The van der Waals surface area contributed by atoms with Crippen molar-refractivity contribution in [1.82, 2.24) is 4.90 Å². The van der Waals surface area contributed by atoms with E-state index in [-0.39, 0.29) is 6.54 Å². The topological polar surface area (TPSA) is 72.9 Å². The van der Waals surface area contributed by atoms with Gasteiger partial charge >= 0.3 is 18.0 Å². The number of hydrogen-bond donors (Lipinski definition) is 0. The Labute approximate surface area is 105 Å². The molecule has 6 nitrogen and oxygen atoms in total. The number of piperidine rings is 1. The number of likely N-dealkylation sites (tertiary alicyclic amines) is 1. The predicted octanol–water partition coefficient (Wildman–Crippen LogP) is 0.943. The third kappa shape index (κ3) is 2.47. The lowest BCUT2D eigenvalue weighted by molar-refractivity contribution is -0.153. The lowest BCUT2D eigenvalue weighted by Crippen LogP contribution is -2.46. The number of ether oxygens (including phenoxy) is 2. The molecule has 2 fully saturated rings. The van der Waals surface area contributed by atoms with Gasteiger partial charge in [0.25, 0.3) is 0 Å². The van der Waals surface area contributed by atoms with Gasteiger partial charge in [-0.3, -0.25) is 9.59 Å². The van der Waals surface area contributed by atoms with Crippen molar-refractivity contribution in [3.8, 4) is 0 Å². The highest BCUT2D eigenvalue weighted by atomic mass is 16.6. The van der Waals surface area contributed by atoms with Crippen molar-refractivity contribution in [2.24, 2.45) is 11.8 Å². The number of nitrogens with zero attached hydrogens (tertiary/aromatic N) is 1. The maximum Gasteiger partial charge on any atom is 0.410 e. The van der Waals surface area contributed by atoms with Gasteiger partial charge < -0.3 is 14.4 Å². The van der Waals surface area contributed by atoms with E-state index >= 15 is 0 Å². The highest BCUT2D eigenvalue weighted by Crippen LogP contribution is 2.32. The first-order chi connectivity index (χ1) is 8.28. The Morgan fingerprint density at radius 2 is 1.89 bits per heavy atom. The molecular formula is C12H17NO5. The van der Waals surface area contributed by atoms with Crippen molar-refractivity contribution in [2.45, 2.75) is 32.8 Å². The van der Waals surface area contributed by atoms with E-state index in [1.807, 2.05) is 0 Å². The van der Waals surface area contributed by atoms with Crippen LogP contribution >= 0.6 is 0 Å². The third-order valence-electron chi connectivity index (χ3n) is 3.07. The summed E-state index contributed by atoms with van der Waals surface area (Å²) in [6, 6.07) is 0. The molecule has 0 aromatic heterocycles. The molecule has 2 rings (SSSR count). The first-order valence-corrected chi connectivity index (χ1v) is 6.01. The number of fused-ring (bicyclic) bond motifs is 1. The molecule has 6 heteroatoms. The van der Waals surface area contributed by atoms with Crippen LogP contribution in [-0.2, 0) is 19.1 Å². The lowest BCUT2D eigenvalue weighted by Gasteiger charge is -2.33. The van der Waals surface area contributed by atoms with Gasteiger partial charge in [0.2, 0.25) is 0 Å². The van der Waals surface area contributed by atoms with Gasteiger partial charge in [-0.1, -0.05) is 0 Å². The van der Waals surface area contributed by atoms with Gasteiger partial charge in [-0.15, -0.1) is 0 Å². The van der Waals surface area contributed by atoms with Crippen LogP contribution in [0.15, 0.2) is 0 Å². The number of hydrogen-bond acceptors (Lipinski definition) is 5. The lowest BCUT2D eigenvalue weighted by atomic mass is 9.88. The van der Waals surface area contributed by atoms with Crippen LogP contribution in [0, 0.1) is 11.8 Å². The average Bonchev–Trinajstić information content (AvgIpc) is 2.52. The highest BCUT2D eigenvalue weighted by molar-refractivity contribution is 5.97. The van der Waals surface area contributed by atoms with E-state index in [2.05, 4.69) is 4.74 Å². The van der Waals surface area contributed by atoms with Crippen LogP contribution in [-0.4, -0.2) is 41.6 Å². The molecule has 0 N–H and O–H groups in total. The fourth-order valence-electron chi connectivity index (χ4n) is 2.22. The van der Waals surface area contributed by atoms with E-state index < -0.39 is 35.5 Å². The Balaban J connectivity index is 2.01. The van der Waals surface area contributed by atoms with E-state index in [0.717, 1.165) is 0 Å². The molecule has 0 radical (unpaired) electrons. The van der Waals surface area contributed by atoms with Gasteiger partial charge in [0.15, 0.2) is 0 Å². The molecule has 2 heterocycles. The molecule has 0 aliphatic carbocycles. The Kier molecular flexibility index (Phi) is 3.04. The van der Waals surface area contributed by atoms with Gasteiger partial charge in [-0.05, 0) is 27.2 Å². The number of cyclic esters (lactones) is 2. The summed E-state index contributed by atoms with van der Waals surface area (Å²) in [4.78, 5) is 36.1. The summed E-state index contributed by atoms with van der Waals surface area (Å²) in [6.45, 7) is 5.96. The minimum absolute atomic E-state index is 0.199. The number of rotatable bonds is 0. The second kappa shape index (κ2) is 4.26. The Morgan fingerprint density at radius 3 is 2.50 bits per heavy atom. The molecular weight excluding hydrogens is 238 g/mol. The number of amides is 1. The second-order valence-electron chi connectivity index (χ2n) is 5.67. The molecule has 0 spiro atoms. The van der Waals surface area contributed by atoms with Crippen molar-refractivity contribution < 1.29 is 23.9 Å². The average molecular weight is 255 g/mol. The fourth-order valence-corrected chi connectivity index (χ4v) is 2.22. The number of esters is 2. The minimum atomic E-state index is -0.570. The number of carbonyl (C=O) groups excluding carboxylic acids is 3. The standard InChI is InChI=1S/C12H17NO5/c1-12(2,3)18-11(16)13-5-4-7-8(6-13)10(15)17-9(7)14/h7-8H,4-6H2,1-3H3/t7-,8+/m1/s1. The molecule has 0 aromatic carbocycles. The normalized spacial score (nSPS) is 27.8. The van der Waals surface area contributed by atoms with Crippen molar-refractivity contribution in [3.05, 3.63) is 0 Å². The fraction of sp³-hybridized carbons (Fsp3) is 0.750. The molecule has 2 aliphatic rings. The van der Waals surface area contributed by atoms with Crippen LogP contribution in [0.5, 0.6) is 0 Å². The van der Waals surface area contributed by atoms with Gasteiger partial charge in [0.05, 0.1) is 11.8 Å². The van der Waals surface area contributed by atoms with Gasteiger partial charge in [-0.2, -0.15) is 0 Å². The first-order valence-electron chi connectivity index (χ1n) is 6.01. The van der Waals surface area contributed by atoms with Crippen molar-refractivity contribution in [1.29, 1.82) is 0 Å². The van der Waals surface area contributed by atoms with Gasteiger partial charge in [-0.25, -0.2) is 4.79 Å². The zero-order valence-electron chi connectivity index (χ0n) is 10.8. The van der Waals surface area contributed by atoms with Crippen LogP contribution < -0.4 is 0 Å². The molecule has 1 amide bonds. The summed E-state index contributed by atoms with van der Waals surface area (Å²) in [5.41, 5.74) is -0.570. The Hall–Kier alpha value is -1.59. The maximum absolute atomic E-state index is 11.9. The van der Waals surface area contributed by atoms with E-state index in [0.29, 0.717) is 13.0 Å². The van der Waals surface area contributed by atoms with Crippen LogP contribution in [0.25, 0.3) is 0 Å². The van der Waals surface area contributed by atoms with Gasteiger partial charge in [0, 0.05) is 13.1 Å². The second-order valence-corrected chi connectivity index (χ2v) is 5.67. The zero-order valence-corrected chi connectivity index (χ0v) is 10.8. The quantitative estimate of drug-likeness (QED) is 0.476. The van der Waals surface area contributed by atoms with Crippen LogP contribution in [0.2, 0.25) is 0 Å². The van der Waals surface area contributed by atoms with E-state index in [9.17, 15) is 14.4 Å². The molecule has 0 bridgehead atoms. The zero-order chi connectivity index (χ0) is 13.5. The van der Waals surface area contributed by atoms with Crippen molar-refractivity contribution in [2.75, 3.05) is 13.1 Å². The van der Waals surface area contributed by atoms with Crippen LogP contribution in [0.3, 0.4) is 0 Å². The molecule has 0 saturated carbocycles. The maximum atomic E-state index is 11.9. The summed E-state index contributed by atoms with van der Waals surface area (Å²) >= 11 is 0. The smallest absolute Gasteiger partial charge is 0.410 e. The molecule has 0 aromatic rings. The first kappa shape index (κ1) is 12.9. The molecule has 100 valence electrons. The summed E-state index contributed by atoms with van der Waals surface area (Å²) in [5, 5.41) is 0. The van der Waals surface area contributed by atoms with Crippen molar-refractivity contribution in [3.63, 3.8) is 0 Å². The Bertz CT molecular complexity index is 398. The van der Waals surface area contributed by atoms with Crippen LogP contribution in [0.4, 0.5) is 4.79 Å². The molecule has 0 unspecified atom stereocenters. The van der Waals surface area contributed by atoms with E-state index in [1.54, 1.807) is 20.8 Å². The molecule has 18 heavy (non-hydrogen) atoms. The summed E-state index contributed by atoms with van der Waals surface area (Å²) < 4.78 is 9.82. The van der Waals surface area contributed by atoms with E-state index in [4.69, 9.17) is 4.74 Å². The SMILES string of the molecule is CC(C)(C)OC(=O)N1CC[C@H]2C(=O)OC(=O)[C@H]2C1. The highest BCUT2D eigenvalue weighted by Gasteiger charge is 2.48. The monoisotopic (exact) mass is 255 g/mol. The summed E-state index contributed by atoms with van der Waals surface area (Å²) in [5.74, 6) is -1.91.